The molecule has 1 aromatic rings. The van der Waals surface area contributed by atoms with E-state index < -0.39 is 0 Å². The highest BCUT2D eigenvalue weighted by Crippen LogP contribution is 2.39. The average Bonchev–Trinajstić information content (AvgIpc) is 2.64. The molecule has 0 N–H and O–H groups in total. The summed E-state index contributed by atoms with van der Waals surface area (Å²) in [5.74, 6) is 1.31. The second-order valence-electron chi connectivity index (χ2n) is 5.75. The SMILES string of the molecule is COc1c(C)cnc(CC2(C)CCC(=O)C2)c1C. The van der Waals surface area contributed by atoms with Gasteiger partial charge >= 0.3 is 0 Å². The Bertz CT molecular complexity index is 482. The number of Topliss-reactive ketones (excluding diaryl/α,β-unsaturated/α-hetero) is 1. The summed E-state index contributed by atoms with van der Waals surface area (Å²) in [6, 6.07) is 0. The van der Waals surface area contributed by atoms with Crippen LogP contribution in [0.3, 0.4) is 0 Å². The summed E-state index contributed by atoms with van der Waals surface area (Å²) in [7, 11) is 1.69. The first-order valence-corrected chi connectivity index (χ1v) is 6.46. The predicted octanol–water partition coefficient (Wildman–Crippen LogP) is 3.01. The van der Waals surface area contributed by atoms with E-state index in [0.717, 1.165) is 41.8 Å². The lowest BCUT2D eigenvalue weighted by Crippen LogP contribution is -2.17. The molecule has 1 aromatic heterocycles. The standard InChI is InChI=1S/C15H21NO2/c1-10-9-16-13(11(2)14(10)18-4)8-15(3)6-5-12(17)7-15/h9H,5-8H2,1-4H3. The van der Waals surface area contributed by atoms with Crippen molar-refractivity contribution in [3.8, 4) is 5.75 Å². The predicted molar refractivity (Wildman–Crippen MR) is 70.9 cm³/mol. The zero-order valence-corrected chi connectivity index (χ0v) is 11.7. The maximum atomic E-state index is 11.5. The number of carbonyl (C=O) groups is 1. The fourth-order valence-electron chi connectivity index (χ4n) is 2.90. The van der Waals surface area contributed by atoms with Crippen molar-refractivity contribution in [1.29, 1.82) is 0 Å². The van der Waals surface area contributed by atoms with Gasteiger partial charge in [0.1, 0.15) is 11.5 Å². The molecule has 0 saturated heterocycles. The molecule has 1 fully saturated rings. The van der Waals surface area contributed by atoms with Crippen molar-refractivity contribution in [1.82, 2.24) is 4.98 Å². The molecular weight excluding hydrogens is 226 g/mol. The van der Waals surface area contributed by atoms with Crippen molar-refractivity contribution in [3.63, 3.8) is 0 Å². The van der Waals surface area contributed by atoms with E-state index in [1.165, 1.54) is 0 Å². The molecule has 1 heterocycles. The van der Waals surface area contributed by atoms with Crippen LogP contribution >= 0.6 is 0 Å². The highest BCUT2D eigenvalue weighted by molar-refractivity contribution is 5.81. The van der Waals surface area contributed by atoms with Gasteiger partial charge in [-0.25, -0.2) is 0 Å². The van der Waals surface area contributed by atoms with Gasteiger partial charge in [-0.1, -0.05) is 6.92 Å². The van der Waals surface area contributed by atoms with Crippen LogP contribution in [-0.2, 0) is 11.2 Å². The highest BCUT2D eigenvalue weighted by Gasteiger charge is 2.35. The molecule has 98 valence electrons. The Morgan fingerprint density at radius 1 is 1.44 bits per heavy atom. The molecule has 0 spiro atoms. The van der Waals surface area contributed by atoms with E-state index in [9.17, 15) is 4.79 Å². The highest BCUT2D eigenvalue weighted by atomic mass is 16.5. The first kappa shape index (κ1) is 13.1. The lowest BCUT2D eigenvalue weighted by atomic mass is 9.82. The van der Waals surface area contributed by atoms with Gasteiger partial charge in [-0.05, 0) is 32.1 Å². The molecule has 0 bridgehead atoms. The molecule has 1 atom stereocenters. The van der Waals surface area contributed by atoms with Crippen LogP contribution in [0.1, 0.15) is 43.0 Å². The molecule has 3 nitrogen and oxygen atoms in total. The van der Waals surface area contributed by atoms with E-state index in [4.69, 9.17) is 4.74 Å². The maximum Gasteiger partial charge on any atom is 0.133 e. The number of nitrogens with zero attached hydrogens (tertiary/aromatic N) is 1. The summed E-state index contributed by atoms with van der Waals surface area (Å²) >= 11 is 0. The topological polar surface area (TPSA) is 39.2 Å². The van der Waals surface area contributed by atoms with Crippen LogP contribution < -0.4 is 4.74 Å². The van der Waals surface area contributed by atoms with Gasteiger partial charge in [0.2, 0.25) is 0 Å². The number of hydrogen-bond acceptors (Lipinski definition) is 3. The maximum absolute atomic E-state index is 11.5. The minimum Gasteiger partial charge on any atom is -0.496 e. The van der Waals surface area contributed by atoms with Crippen LogP contribution in [0.25, 0.3) is 0 Å². The number of ether oxygens (including phenoxy) is 1. The number of aromatic nitrogens is 1. The number of pyridine rings is 1. The van der Waals surface area contributed by atoms with Gasteiger partial charge in [-0.15, -0.1) is 0 Å². The number of rotatable bonds is 3. The van der Waals surface area contributed by atoms with Crippen molar-refractivity contribution in [2.24, 2.45) is 5.41 Å². The largest absolute Gasteiger partial charge is 0.496 e. The summed E-state index contributed by atoms with van der Waals surface area (Å²) < 4.78 is 5.43. The molecule has 0 aromatic carbocycles. The van der Waals surface area contributed by atoms with Crippen LogP contribution in [0, 0.1) is 19.3 Å². The van der Waals surface area contributed by atoms with Gasteiger partial charge in [0, 0.05) is 35.9 Å². The fourth-order valence-corrected chi connectivity index (χ4v) is 2.90. The van der Waals surface area contributed by atoms with Crippen molar-refractivity contribution in [2.45, 2.75) is 46.5 Å². The quantitative estimate of drug-likeness (QED) is 0.824. The van der Waals surface area contributed by atoms with E-state index in [1.807, 2.05) is 20.0 Å². The molecule has 0 amide bonds. The third kappa shape index (κ3) is 2.40. The second-order valence-corrected chi connectivity index (χ2v) is 5.75. The monoisotopic (exact) mass is 247 g/mol. The molecule has 3 heteroatoms. The van der Waals surface area contributed by atoms with Crippen LogP contribution in [-0.4, -0.2) is 17.9 Å². The Labute approximate surface area is 109 Å². The van der Waals surface area contributed by atoms with Gasteiger partial charge in [-0.2, -0.15) is 0 Å². The van der Waals surface area contributed by atoms with Crippen LogP contribution in [0.5, 0.6) is 5.75 Å². The van der Waals surface area contributed by atoms with Crippen molar-refractivity contribution in [3.05, 3.63) is 23.0 Å². The zero-order chi connectivity index (χ0) is 13.3. The van der Waals surface area contributed by atoms with E-state index in [2.05, 4.69) is 11.9 Å². The molecule has 0 aliphatic heterocycles. The Hall–Kier alpha value is -1.38. The molecule has 0 radical (unpaired) electrons. The molecule has 1 saturated carbocycles. The summed E-state index contributed by atoms with van der Waals surface area (Å²) in [6.45, 7) is 6.24. The van der Waals surface area contributed by atoms with Gasteiger partial charge in [0.25, 0.3) is 0 Å². The fraction of sp³-hybridized carbons (Fsp3) is 0.600. The zero-order valence-electron chi connectivity index (χ0n) is 11.7. The van der Waals surface area contributed by atoms with Crippen molar-refractivity contribution < 1.29 is 9.53 Å². The minimum absolute atomic E-state index is 0.0785. The lowest BCUT2D eigenvalue weighted by molar-refractivity contribution is -0.117. The average molecular weight is 247 g/mol. The number of hydrogen-bond donors (Lipinski definition) is 0. The molecule has 18 heavy (non-hydrogen) atoms. The second kappa shape index (κ2) is 4.71. The van der Waals surface area contributed by atoms with Crippen LogP contribution in [0.2, 0.25) is 0 Å². The third-order valence-corrected chi connectivity index (χ3v) is 3.98. The lowest BCUT2D eigenvalue weighted by Gasteiger charge is -2.23. The Morgan fingerprint density at radius 3 is 2.72 bits per heavy atom. The van der Waals surface area contributed by atoms with E-state index >= 15 is 0 Å². The van der Waals surface area contributed by atoms with Gasteiger partial charge in [-0.3, -0.25) is 9.78 Å². The van der Waals surface area contributed by atoms with Gasteiger partial charge < -0.3 is 4.74 Å². The smallest absolute Gasteiger partial charge is 0.133 e. The summed E-state index contributed by atoms with van der Waals surface area (Å²) in [5.41, 5.74) is 3.31. The molecule has 1 unspecified atom stereocenters. The molecule has 2 rings (SSSR count). The van der Waals surface area contributed by atoms with Crippen LogP contribution in [0.15, 0.2) is 6.20 Å². The number of ketones is 1. The van der Waals surface area contributed by atoms with E-state index in [-0.39, 0.29) is 5.41 Å². The third-order valence-electron chi connectivity index (χ3n) is 3.98. The Balaban J connectivity index is 2.27. The van der Waals surface area contributed by atoms with Crippen molar-refractivity contribution in [2.75, 3.05) is 7.11 Å². The molecular formula is C15H21NO2. The molecule has 1 aliphatic carbocycles. The first-order valence-electron chi connectivity index (χ1n) is 6.46. The number of aryl methyl sites for hydroxylation is 1. The molecule has 1 aliphatic rings. The van der Waals surface area contributed by atoms with E-state index in [0.29, 0.717) is 12.2 Å². The van der Waals surface area contributed by atoms with Crippen LogP contribution in [0.4, 0.5) is 0 Å². The Morgan fingerprint density at radius 2 is 2.17 bits per heavy atom. The number of methoxy groups -OCH3 is 1. The van der Waals surface area contributed by atoms with E-state index in [1.54, 1.807) is 7.11 Å². The summed E-state index contributed by atoms with van der Waals surface area (Å²) in [5, 5.41) is 0. The van der Waals surface area contributed by atoms with Crippen molar-refractivity contribution >= 4 is 5.78 Å². The summed E-state index contributed by atoms with van der Waals surface area (Å²) in [6.07, 6.45) is 5.11. The number of carbonyl (C=O) groups excluding carboxylic acids is 1. The Kier molecular flexibility index (Phi) is 3.42. The minimum atomic E-state index is 0.0785. The van der Waals surface area contributed by atoms with Gasteiger partial charge in [0.05, 0.1) is 7.11 Å². The normalized spacial score (nSPS) is 23.4. The van der Waals surface area contributed by atoms with Gasteiger partial charge in [0.15, 0.2) is 0 Å². The first-order chi connectivity index (χ1) is 8.45. The summed E-state index contributed by atoms with van der Waals surface area (Å²) in [4.78, 5) is 16.0.